The van der Waals surface area contributed by atoms with Crippen LogP contribution in [0.4, 0.5) is 0 Å². The van der Waals surface area contributed by atoms with E-state index in [1.54, 1.807) is 0 Å². The lowest BCUT2D eigenvalue weighted by Gasteiger charge is -2.53. The average molecular weight is 238 g/mol. The minimum Gasteiger partial charge on any atom is -0.469 e. The molecule has 0 spiro atoms. The molecule has 1 aliphatic heterocycles. The maximum absolute atomic E-state index is 11.4. The molecule has 1 saturated heterocycles. The standard InChI is InChI=1S/C14H22O3/c1-9-5-6-10-8-17-11(7-12(15)16-4)13(9)14(10,2)3/h10-11,13H,1,5-8H2,2-4H3/t10-,11+,13+/m0/s1. The van der Waals surface area contributed by atoms with E-state index < -0.39 is 0 Å². The Morgan fingerprint density at radius 3 is 2.94 bits per heavy atom. The topological polar surface area (TPSA) is 35.5 Å². The molecule has 0 unspecified atom stereocenters. The lowest BCUT2D eigenvalue weighted by Crippen LogP contribution is -2.51. The van der Waals surface area contributed by atoms with E-state index in [9.17, 15) is 4.79 Å². The smallest absolute Gasteiger partial charge is 0.308 e. The second kappa shape index (κ2) is 4.45. The van der Waals surface area contributed by atoms with Gasteiger partial charge in [-0.1, -0.05) is 26.0 Å². The summed E-state index contributed by atoms with van der Waals surface area (Å²) in [6.07, 6.45) is 2.52. The van der Waals surface area contributed by atoms with Gasteiger partial charge < -0.3 is 9.47 Å². The van der Waals surface area contributed by atoms with Crippen LogP contribution in [0.5, 0.6) is 0 Å². The van der Waals surface area contributed by atoms with Crippen molar-refractivity contribution >= 4 is 5.97 Å². The first-order valence-electron chi connectivity index (χ1n) is 6.33. The fourth-order valence-electron chi connectivity index (χ4n) is 3.47. The molecule has 96 valence electrons. The zero-order chi connectivity index (χ0) is 12.6. The summed E-state index contributed by atoms with van der Waals surface area (Å²) in [6, 6.07) is 0. The molecule has 0 aromatic rings. The summed E-state index contributed by atoms with van der Waals surface area (Å²) in [4.78, 5) is 11.4. The Kier molecular flexibility index (Phi) is 3.30. The van der Waals surface area contributed by atoms with E-state index in [1.807, 2.05) is 0 Å². The Balaban J connectivity index is 2.19. The van der Waals surface area contributed by atoms with Gasteiger partial charge in [0, 0.05) is 5.92 Å². The molecule has 3 heteroatoms. The third-order valence-electron chi connectivity index (χ3n) is 4.59. The molecule has 1 heterocycles. The quantitative estimate of drug-likeness (QED) is 0.548. The van der Waals surface area contributed by atoms with Crippen LogP contribution >= 0.6 is 0 Å². The van der Waals surface area contributed by atoms with E-state index in [-0.39, 0.29) is 23.4 Å². The molecule has 17 heavy (non-hydrogen) atoms. The number of esters is 1. The van der Waals surface area contributed by atoms with Crippen LogP contribution in [0.1, 0.15) is 33.1 Å². The van der Waals surface area contributed by atoms with Crippen molar-refractivity contribution in [3.05, 3.63) is 12.2 Å². The van der Waals surface area contributed by atoms with E-state index >= 15 is 0 Å². The molecule has 2 rings (SSSR count). The first-order chi connectivity index (χ1) is 7.96. The summed E-state index contributed by atoms with van der Waals surface area (Å²) >= 11 is 0. The van der Waals surface area contributed by atoms with Gasteiger partial charge in [-0.3, -0.25) is 4.79 Å². The average Bonchev–Trinajstić information content (AvgIpc) is 2.24. The summed E-state index contributed by atoms with van der Waals surface area (Å²) < 4.78 is 10.6. The number of ether oxygens (including phenoxy) is 2. The highest BCUT2D eigenvalue weighted by Gasteiger charge is 2.50. The molecule has 0 radical (unpaired) electrons. The predicted molar refractivity (Wildman–Crippen MR) is 65.5 cm³/mol. The molecule has 3 nitrogen and oxygen atoms in total. The monoisotopic (exact) mass is 238 g/mol. The molecule has 0 N–H and O–H groups in total. The number of hydrogen-bond donors (Lipinski definition) is 0. The predicted octanol–water partition coefficient (Wildman–Crippen LogP) is 2.56. The van der Waals surface area contributed by atoms with Gasteiger partial charge in [-0.15, -0.1) is 0 Å². The van der Waals surface area contributed by atoms with Gasteiger partial charge in [-0.2, -0.15) is 0 Å². The normalized spacial score (nSPS) is 35.5. The number of hydrogen-bond acceptors (Lipinski definition) is 3. The summed E-state index contributed by atoms with van der Waals surface area (Å²) in [6.45, 7) is 9.50. The summed E-state index contributed by atoms with van der Waals surface area (Å²) in [5.74, 6) is 0.684. The van der Waals surface area contributed by atoms with Crippen molar-refractivity contribution < 1.29 is 14.3 Å². The van der Waals surface area contributed by atoms with E-state index in [1.165, 1.54) is 12.7 Å². The van der Waals surface area contributed by atoms with Gasteiger partial charge in [-0.05, 0) is 24.2 Å². The number of carbonyl (C=O) groups excluding carboxylic acids is 1. The van der Waals surface area contributed by atoms with Crippen LogP contribution in [0.25, 0.3) is 0 Å². The van der Waals surface area contributed by atoms with Crippen molar-refractivity contribution in [1.29, 1.82) is 0 Å². The van der Waals surface area contributed by atoms with Crippen LogP contribution in [0.15, 0.2) is 12.2 Å². The highest BCUT2D eigenvalue weighted by molar-refractivity contribution is 5.70. The van der Waals surface area contributed by atoms with Crippen LogP contribution in [-0.2, 0) is 14.3 Å². The van der Waals surface area contributed by atoms with Gasteiger partial charge in [0.1, 0.15) is 0 Å². The lowest BCUT2D eigenvalue weighted by atomic mass is 9.57. The second-order valence-electron chi connectivity index (χ2n) is 5.84. The van der Waals surface area contributed by atoms with E-state index in [0.29, 0.717) is 12.3 Å². The Hall–Kier alpha value is -0.830. The van der Waals surface area contributed by atoms with Crippen LogP contribution in [0.2, 0.25) is 0 Å². The van der Waals surface area contributed by atoms with Gasteiger partial charge in [0.05, 0.1) is 26.2 Å². The van der Waals surface area contributed by atoms with Crippen LogP contribution in [-0.4, -0.2) is 25.8 Å². The summed E-state index contributed by atoms with van der Waals surface area (Å²) in [5.41, 5.74) is 1.42. The van der Waals surface area contributed by atoms with Gasteiger partial charge in [-0.25, -0.2) is 0 Å². The molecule has 2 aliphatic rings. The number of methoxy groups -OCH3 is 1. The van der Waals surface area contributed by atoms with Crippen LogP contribution in [0, 0.1) is 17.3 Å². The fourth-order valence-corrected chi connectivity index (χ4v) is 3.47. The molecule has 3 atom stereocenters. The summed E-state index contributed by atoms with van der Waals surface area (Å²) in [5, 5.41) is 0. The third-order valence-corrected chi connectivity index (χ3v) is 4.59. The van der Waals surface area contributed by atoms with Crippen LogP contribution < -0.4 is 0 Å². The minimum absolute atomic E-state index is 0.0542. The molecule has 0 aromatic heterocycles. The first kappa shape index (κ1) is 12.6. The molecule has 1 aliphatic carbocycles. The molecule has 0 amide bonds. The highest BCUT2D eigenvalue weighted by Crippen LogP contribution is 2.52. The van der Waals surface area contributed by atoms with Crippen molar-refractivity contribution in [1.82, 2.24) is 0 Å². The third kappa shape index (κ3) is 2.13. The van der Waals surface area contributed by atoms with Gasteiger partial charge >= 0.3 is 5.97 Å². The van der Waals surface area contributed by atoms with Crippen LogP contribution in [0.3, 0.4) is 0 Å². The number of rotatable bonds is 2. The molecule has 1 saturated carbocycles. The molecule has 2 bridgehead atoms. The zero-order valence-electron chi connectivity index (χ0n) is 11.0. The lowest BCUT2D eigenvalue weighted by molar-refractivity contribution is -0.158. The van der Waals surface area contributed by atoms with Gasteiger partial charge in [0.2, 0.25) is 0 Å². The zero-order valence-corrected chi connectivity index (χ0v) is 11.0. The maximum atomic E-state index is 11.4. The Labute approximate surface area is 103 Å². The van der Waals surface area contributed by atoms with Crippen molar-refractivity contribution in [3.8, 4) is 0 Å². The fraction of sp³-hybridized carbons (Fsp3) is 0.786. The van der Waals surface area contributed by atoms with E-state index in [4.69, 9.17) is 9.47 Å². The highest BCUT2D eigenvalue weighted by atomic mass is 16.5. The number of fused-ring (bicyclic) bond motifs is 2. The number of carbonyl (C=O) groups is 1. The van der Waals surface area contributed by atoms with Crippen molar-refractivity contribution in [2.75, 3.05) is 13.7 Å². The van der Waals surface area contributed by atoms with E-state index in [0.717, 1.165) is 19.4 Å². The second-order valence-corrected chi connectivity index (χ2v) is 5.84. The Bertz CT molecular complexity index is 332. The molecule has 2 fully saturated rings. The van der Waals surface area contributed by atoms with Crippen molar-refractivity contribution in [3.63, 3.8) is 0 Å². The molecular formula is C14H22O3. The first-order valence-corrected chi connectivity index (χ1v) is 6.33. The Morgan fingerprint density at radius 1 is 1.59 bits per heavy atom. The SMILES string of the molecule is C=C1CC[C@H]2CO[C@H](CC(=O)OC)[C@@H]1C2(C)C. The van der Waals surface area contributed by atoms with Crippen molar-refractivity contribution in [2.45, 2.75) is 39.2 Å². The largest absolute Gasteiger partial charge is 0.469 e. The van der Waals surface area contributed by atoms with Gasteiger partial charge in [0.15, 0.2) is 0 Å². The Morgan fingerprint density at radius 2 is 2.29 bits per heavy atom. The maximum Gasteiger partial charge on any atom is 0.308 e. The van der Waals surface area contributed by atoms with Crippen molar-refractivity contribution in [2.24, 2.45) is 17.3 Å². The summed E-state index contributed by atoms with van der Waals surface area (Å²) in [7, 11) is 1.43. The minimum atomic E-state index is -0.192. The van der Waals surface area contributed by atoms with E-state index in [2.05, 4.69) is 20.4 Å². The molecule has 0 aromatic carbocycles. The molecular weight excluding hydrogens is 216 g/mol. The van der Waals surface area contributed by atoms with Gasteiger partial charge in [0.25, 0.3) is 0 Å².